The third-order valence-electron chi connectivity index (χ3n) is 4.59. The summed E-state index contributed by atoms with van der Waals surface area (Å²) < 4.78 is 5.40. The molecular formula is C20H18Cl3NO3. The first-order chi connectivity index (χ1) is 12.9. The minimum atomic E-state index is -0.264. The van der Waals surface area contributed by atoms with E-state index < -0.39 is 0 Å². The quantitative estimate of drug-likeness (QED) is 0.628. The molecule has 0 saturated carbocycles. The summed E-state index contributed by atoms with van der Waals surface area (Å²) in [6, 6.07) is 11.9. The third kappa shape index (κ3) is 5.16. The molecule has 0 spiro atoms. The van der Waals surface area contributed by atoms with E-state index in [0.717, 1.165) is 0 Å². The number of piperidine rings is 1. The summed E-state index contributed by atoms with van der Waals surface area (Å²) in [5.74, 6) is -0.531. The van der Waals surface area contributed by atoms with E-state index in [1.54, 1.807) is 47.4 Å². The van der Waals surface area contributed by atoms with Crippen LogP contribution in [0.3, 0.4) is 0 Å². The number of carbonyl (C=O) groups excluding carboxylic acids is 2. The summed E-state index contributed by atoms with van der Waals surface area (Å²) in [4.78, 5) is 26.6. The van der Waals surface area contributed by atoms with Crippen LogP contribution in [-0.2, 0) is 16.1 Å². The number of rotatable bonds is 4. The first-order valence-electron chi connectivity index (χ1n) is 8.59. The lowest BCUT2D eigenvalue weighted by Crippen LogP contribution is -2.40. The molecule has 0 N–H and O–H groups in total. The van der Waals surface area contributed by atoms with Gasteiger partial charge in [-0.1, -0.05) is 40.9 Å². The summed E-state index contributed by atoms with van der Waals surface area (Å²) >= 11 is 17.8. The van der Waals surface area contributed by atoms with Gasteiger partial charge in [-0.05, 0) is 49.2 Å². The van der Waals surface area contributed by atoms with Crippen LogP contribution in [0.4, 0.5) is 0 Å². The number of halogens is 3. The average molecular weight is 427 g/mol. The Labute approximate surface area is 173 Å². The molecule has 27 heavy (non-hydrogen) atoms. The van der Waals surface area contributed by atoms with E-state index in [4.69, 9.17) is 39.5 Å². The molecule has 1 amide bonds. The first-order valence-corrected chi connectivity index (χ1v) is 9.73. The van der Waals surface area contributed by atoms with E-state index in [-0.39, 0.29) is 24.4 Å². The zero-order valence-corrected chi connectivity index (χ0v) is 16.7. The lowest BCUT2D eigenvalue weighted by molar-refractivity contribution is -0.151. The van der Waals surface area contributed by atoms with Crippen molar-refractivity contribution in [2.24, 2.45) is 5.92 Å². The van der Waals surface area contributed by atoms with Crippen molar-refractivity contribution in [2.45, 2.75) is 19.4 Å². The molecule has 0 bridgehead atoms. The summed E-state index contributed by atoms with van der Waals surface area (Å²) in [5.41, 5.74) is 1.31. The molecule has 1 fully saturated rings. The molecule has 3 rings (SSSR count). The highest BCUT2D eigenvalue weighted by atomic mass is 35.5. The third-order valence-corrected chi connectivity index (χ3v) is 5.43. The molecule has 2 aromatic rings. The van der Waals surface area contributed by atoms with Crippen molar-refractivity contribution in [3.63, 3.8) is 0 Å². The molecule has 142 valence electrons. The predicted octanol–water partition coefficient (Wildman–Crippen LogP) is 5.24. The van der Waals surface area contributed by atoms with Crippen molar-refractivity contribution in [1.82, 2.24) is 4.90 Å². The fraction of sp³-hybridized carbons (Fsp3) is 0.300. The lowest BCUT2D eigenvalue weighted by atomic mass is 9.96. The number of hydrogen-bond acceptors (Lipinski definition) is 3. The average Bonchev–Trinajstić information content (AvgIpc) is 2.67. The van der Waals surface area contributed by atoms with E-state index in [0.29, 0.717) is 52.1 Å². The zero-order valence-electron chi connectivity index (χ0n) is 14.5. The number of hydrogen-bond donors (Lipinski definition) is 0. The van der Waals surface area contributed by atoms with Gasteiger partial charge in [0.25, 0.3) is 5.91 Å². The monoisotopic (exact) mass is 425 g/mol. The Bertz CT molecular complexity index is 831. The summed E-state index contributed by atoms with van der Waals surface area (Å²) in [5, 5.41) is 1.60. The number of amides is 1. The Morgan fingerprint density at radius 1 is 0.963 bits per heavy atom. The number of nitrogens with zero attached hydrogens (tertiary/aromatic N) is 1. The highest BCUT2D eigenvalue weighted by molar-refractivity contribution is 6.35. The Morgan fingerprint density at radius 3 is 2.22 bits per heavy atom. The van der Waals surface area contributed by atoms with Gasteiger partial charge in [-0.3, -0.25) is 9.59 Å². The topological polar surface area (TPSA) is 46.6 Å². The van der Waals surface area contributed by atoms with Gasteiger partial charge < -0.3 is 9.64 Å². The van der Waals surface area contributed by atoms with Crippen molar-refractivity contribution in [2.75, 3.05) is 13.1 Å². The van der Waals surface area contributed by atoms with Gasteiger partial charge in [-0.25, -0.2) is 0 Å². The fourth-order valence-corrected chi connectivity index (χ4v) is 3.59. The second-order valence-corrected chi connectivity index (χ2v) is 7.70. The highest BCUT2D eigenvalue weighted by Crippen LogP contribution is 2.24. The second-order valence-electron chi connectivity index (χ2n) is 6.42. The van der Waals surface area contributed by atoms with Gasteiger partial charge in [-0.15, -0.1) is 0 Å². The number of likely N-dealkylation sites (tertiary alicyclic amines) is 1. The van der Waals surface area contributed by atoms with E-state index in [2.05, 4.69) is 0 Å². The summed E-state index contributed by atoms with van der Waals surface area (Å²) in [6.07, 6.45) is 1.15. The molecule has 0 radical (unpaired) electrons. The van der Waals surface area contributed by atoms with Crippen LogP contribution in [-0.4, -0.2) is 29.9 Å². The zero-order chi connectivity index (χ0) is 19.4. The van der Waals surface area contributed by atoms with Gasteiger partial charge in [0.05, 0.1) is 5.92 Å². The van der Waals surface area contributed by atoms with Crippen LogP contribution in [0.15, 0.2) is 42.5 Å². The molecule has 1 aliphatic rings. The van der Waals surface area contributed by atoms with E-state index in [9.17, 15) is 9.59 Å². The first kappa shape index (κ1) is 20.0. The summed E-state index contributed by atoms with van der Waals surface area (Å²) in [7, 11) is 0. The molecule has 1 heterocycles. The SMILES string of the molecule is O=C(OCc1ccc(Cl)cc1Cl)C1CCN(C(=O)c2ccc(Cl)cc2)CC1. The molecule has 1 aliphatic heterocycles. The number of esters is 1. The van der Waals surface area contributed by atoms with Gasteiger partial charge in [0.15, 0.2) is 0 Å². The Morgan fingerprint density at radius 2 is 1.59 bits per heavy atom. The molecule has 0 aliphatic carbocycles. The lowest BCUT2D eigenvalue weighted by Gasteiger charge is -2.31. The fourth-order valence-electron chi connectivity index (χ4n) is 3.00. The van der Waals surface area contributed by atoms with Gasteiger partial charge >= 0.3 is 5.97 Å². The van der Waals surface area contributed by atoms with Crippen molar-refractivity contribution in [3.8, 4) is 0 Å². The predicted molar refractivity (Wildman–Crippen MR) is 106 cm³/mol. The minimum Gasteiger partial charge on any atom is -0.461 e. The molecule has 4 nitrogen and oxygen atoms in total. The maximum atomic E-state index is 12.5. The van der Waals surface area contributed by atoms with Crippen LogP contribution in [0.2, 0.25) is 15.1 Å². The summed E-state index contributed by atoms with van der Waals surface area (Å²) in [6.45, 7) is 1.14. The van der Waals surface area contributed by atoms with Crippen LogP contribution in [0.1, 0.15) is 28.8 Å². The Kier molecular flexibility index (Phi) is 6.64. The minimum absolute atomic E-state index is 0.0496. The number of ether oxygens (including phenoxy) is 1. The van der Waals surface area contributed by atoms with Crippen LogP contribution >= 0.6 is 34.8 Å². The maximum absolute atomic E-state index is 12.5. The smallest absolute Gasteiger partial charge is 0.309 e. The van der Waals surface area contributed by atoms with E-state index in [1.165, 1.54) is 0 Å². The van der Waals surface area contributed by atoms with Gasteiger partial charge in [-0.2, -0.15) is 0 Å². The van der Waals surface area contributed by atoms with Gasteiger partial charge in [0.1, 0.15) is 6.61 Å². The van der Waals surface area contributed by atoms with Crippen molar-refractivity contribution < 1.29 is 14.3 Å². The van der Waals surface area contributed by atoms with E-state index in [1.807, 2.05) is 0 Å². The van der Waals surface area contributed by atoms with Gasteiger partial charge in [0.2, 0.25) is 0 Å². The second kappa shape index (κ2) is 8.96. The van der Waals surface area contributed by atoms with Crippen LogP contribution < -0.4 is 0 Å². The molecule has 1 saturated heterocycles. The van der Waals surface area contributed by atoms with Crippen molar-refractivity contribution >= 4 is 46.7 Å². The van der Waals surface area contributed by atoms with E-state index >= 15 is 0 Å². The van der Waals surface area contributed by atoms with Crippen LogP contribution in [0.5, 0.6) is 0 Å². The molecular weight excluding hydrogens is 409 g/mol. The standard InChI is InChI=1S/C20H18Cl3NO3/c21-16-4-1-13(2-5-16)19(25)24-9-7-14(8-10-24)20(26)27-12-15-3-6-17(22)11-18(15)23/h1-6,11,14H,7-10,12H2. The van der Waals surface area contributed by atoms with Crippen molar-refractivity contribution in [1.29, 1.82) is 0 Å². The normalized spacial score (nSPS) is 14.9. The van der Waals surface area contributed by atoms with Gasteiger partial charge in [0, 0.05) is 39.3 Å². The number of carbonyl (C=O) groups is 2. The molecule has 7 heteroatoms. The van der Waals surface area contributed by atoms with Crippen molar-refractivity contribution in [3.05, 3.63) is 68.7 Å². The Balaban J connectivity index is 1.50. The maximum Gasteiger partial charge on any atom is 0.309 e. The molecule has 2 aromatic carbocycles. The van der Waals surface area contributed by atoms with Crippen LogP contribution in [0, 0.1) is 5.92 Å². The molecule has 0 aromatic heterocycles. The Hall–Kier alpha value is -1.75. The number of benzene rings is 2. The molecule has 0 unspecified atom stereocenters. The largest absolute Gasteiger partial charge is 0.461 e. The molecule has 0 atom stereocenters. The van der Waals surface area contributed by atoms with Crippen LogP contribution in [0.25, 0.3) is 0 Å². The highest BCUT2D eigenvalue weighted by Gasteiger charge is 2.29.